The summed E-state index contributed by atoms with van der Waals surface area (Å²) in [6.07, 6.45) is 2.52. The Hall–Kier alpha value is -3.34. The number of carbonyl (C=O) groups excluding carboxylic acids is 5. The number of amides is 3. The molecule has 0 spiro atoms. The molecule has 0 aromatic carbocycles. The zero-order valence-electron chi connectivity index (χ0n) is 24.7. The van der Waals surface area contributed by atoms with E-state index in [1.165, 1.54) is 0 Å². The Labute approximate surface area is 241 Å². The second-order valence-electron chi connectivity index (χ2n) is 10.8. The number of rotatable bonds is 13. The minimum Gasteiger partial charge on any atom is -0.454 e. The van der Waals surface area contributed by atoms with Gasteiger partial charge < -0.3 is 25.8 Å². The summed E-state index contributed by atoms with van der Waals surface area (Å²) < 4.78 is 5.25. The van der Waals surface area contributed by atoms with Crippen molar-refractivity contribution >= 4 is 29.5 Å². The predicted octanol–water partition coefficient (Wildman–Crippen LogP) is 2.81. The second kappa shape index (κ2) is 18.1. The Kier molecular flexibility index (Phi) is 15.7. The number of nitrogens with one attached hydrogen (secondary N) is 3. The highest BCUT2D eigenvalue weighted by molar-refractivity contribution is 5.96. The monoisotopic (exact) mass is 568 g/mol. The van der Waals surface area contributed by atoms with Crippen molar-refractivity contribution in [3.63, 3.8) is 0 Å². The number of carbonyl (C=O) groups is 5. The summed E-state index contributed by atoms with van der Waals surface area (Å²) >= 11 is 0. The van der Waals surface area contributed by atoms with Crippen LogP contribution in [0.1, 0.15) is 90.9 Å². The Balaban J connectivity index is -0.00000215. The topological polar surface area (TPSA) is 164 Å². The Morgan fingerprint density at radius 1 is 1.15 bits per heavy atom. The summed E-state index contributed by atoms with van der Waals surface area (Å²) in [5, 5.41) is 16.6. The summed E-state index contributed by atoms with van der Waals surface area (Å²) in [6.45, 7) is 11.4. The van der Waals surface area contributed by atoms with E-state index < -0.39 is 36.2 Å². The lowest BCUT2D eigenvalue weighted by Crippen LogP contribution is -2.49. The molecule has 1 aliphatic rings. The molecule has 1 aliphatic heterocycles. The van der Waals surface area contributed by atoms with Crippen molar-refractivity contribution in [3.05, 3.63) is 28.6 Å². The van der Waals surface area contributed by atoms with E-state index >= 15 is 0 Å². The van der Waals surface area contributed by atoms with E-state index in [2.05, 4.69) is 41.7 Å². The highest BCUT2D eigenvalue weighted by Gasteiger charge is 2.31. The van der Waals surface area contributed by atoms with Crippen molar-refractivity contribution in [2.24, 2.45) is 11.8 Å². The fourth-order valence-electron chi connectivity index (χ4n) is 4.17. The number of Topliss-reactive ketones (excluding diaryl/α,β-unsaturated/α-hetero) is 1. The van der Waals surface area contributed by atoms with Crippen LogP contribution in [0.5, 0.6) is 0 Å². The largest absolute Gasteiger partial charge is 0.454 e. The third-order valence-electron chi connectivity index (χ3n) is 5.98. The molecule has 4 N–H and O–H groups in total. The number of aliphatic hydroxyl groups excluding tert-OH is 1. The van der Waals surface area contributed by atoms with Crippen LogP contribution in [0, 0.1) is 32.6 Å². The number of aromatic nitrogens is 1. The maximum atomic E-state index is 13.0. The van der Waals surface area contributed by atoms with Crippen LogP contribution in [0.4, 0.5) is 0 Å². The van der Waals surface area contributed by atoms with E-state index in [9.17, 15) is 24.0 Å². The van der Waals surface area contributed by atoms with Crippen LogP contribution in [0.15, 0.2) is 6.07 Å². The van der Waals surface area contributed by atoms with E-state index in [0.717, 1.165) is 18.0 Å². The third-order valence-corrected chi connectivity index (χ3v) is 5.98. The lowest BCUT2D eigenvalue weighted by molar-refractivity contribution is -0.132. The molecular weight excluding hydrogens is 516 g/mol. The van der Waals surface area contributed by atoms with Gasteiger partial charge in [0.1, 0.15) is 0 Å². The minimum atomic E-state index is -1.07. The van der Waals surface area contributed by atoms with Crippen molar-refractivity contribution in [2.45, 2.75) is 86.1 Å². The van der Waals surface area contributed by atoms with Gasteiger partial charge in [-0.2, -0.15) is 0 Å². The van der Waals surface area contributed by atoms with Gasteiger partial charge in [0.05, 0.1) is 23.8 Å². The van der Waals surface area contributed by atoms with Gasteiger partial charge in [0, 0.05) is 35.5 Å². The summed E-state index contributed by atoms with van der Waals surface area (Å²) in [7, 11) is 0. The molecular formula is C29H52N4O7. The fraction of sp³-hybridized carbons (Fsp3) is 0.655. The van der Waals surface area contributed by atoms with Gasteiger partial charge in [-0.05, 0) is 70.4 Å². The second-order valence-corrected chi connectivity index (χ2v) is 10.8. The predicted molar refractivity (Wildman–Crippen MR) is 157 cm³/mol. The number of piperidine rings is 1. The van der Waals surface area contributed by atoms with Crippen LogP contribution in [-0.2, 0) is 23.9 Å². The van der Waals surface area contributed by atoms with E-state index in [1.807, 2.05) is 6.92 Å². The first-order valence-corrected chi connectivity index (χ1v) is 13.9. The minimum absolute atomic E-state index is 0. The lowest BCUT2D eigenvalue weighted by atomic mass is 9.90. The fourth-order valence-corrected chi connectivity index (χ4v) is 4.17. The van der Waals surface area contributed by atoms with Gasteiger partial charge >= 0.3 is 5.97 Å². The molecule has 1 aromatic heterocycles. The maximum absolute atomic E-state index is 13.0. The molecule has 2 rings (SSSR count). The van der Waals surface area contributed by atoms with Crippen molar-refractivity contribution in [3.8, 4) is 0 Å². The Morgan fingerprint density at radius 3 is 2.42 bits per heavy atom. The van der Waals surface area contributed by atoms with Gasteiger partial charge in [-0.15, -0.1) is 0 Å². The molecule has 0 unspecified atom stereocenters. The molecule has 1 fully saturated rings. The van der Waals surface area contributed by atoms with Crippen LogP contribution in [0.25, 0.3) is 0 Å². The summed E-state index contributed by atoms with van der Waals surface area (Å²) in [5.74, 6) is -2.02. The molecule has 0 radical (unpaired) electrons. The number of ether oxygens (including phenoxy) is 1. The van der Waals surface area contributed by atoms with Crippen LogP contribution in [0.2, 0.25) is 0 Å². The molecule has 1 saturated heterocycles. The molecule has 2 heterocycles. The molecule has 0 saturated carbocycles. The number of ketones is 1. The van der Waals surface area contributed by atoms with Crippen molar-refractivity contribution in [2.75, 3.05) is 26.3 Å². The molecule has 0 aliphatic carbocycles. The molecule has 2 atom stereocenters. The number of pyridine rings is 1. The molecule has 0 bridgehead atoms. The van der Waals surface area contributed by atoms with Crippen LogP contribution in [0.3, 0.4) is 0 Å². The van der Waals surface area contributed by atoms with Gasteiger partial charge in [-0.25, -0.2) is 4.79 Å². The first-order valence-electron chi connectivity index (χ1n) is 13.9. The van der Waals surface area contributed by atoms with Crippen molar-refractivity contribution in [1.82, 2.24) is 20.9 Å². The van der Waals surface area contributed by atoms with E-state index in [-0.39, 0.29) is 47.7 Å². The lowest BCUT2D eigenvalue weighted by Gasteiger charge is -2.26. The number of esters is 1. The molecule has 40 heavy (non-hydrogen) atoms. The summed E-state index contributed by atoms with van der Waals surface area (Å²) in [5.41, 5.74) is 2.20. The van der Waals surface area contributed by atoms with E-state index in [1.54, 1.807) is 19.9 Å². The van der Waals surface area contributed by atoms with Crippen LogP contribution < -0.4 is 16.0 Å². The Bertz CT molecular complexity index is 1020. The highest BCUT2D eigenvalue weighted by atomic mass is 16.5. The zero-order valence-corrected chi connectivity index (χ0v) is 24.7. The number of aliphatic hydroxyl groups is 1. The standard InChI is InChI=1S/C25H36N4O7.C4H10.3H2/c1-15-11-16(2)28-17(3)23(15)25(35)36-14-20(31)19(12-18-7-6-9-26-24(18)34)29-22(33)13-27-21(32)8-4-5-10-30;1-4(2)3;;;/h11,18-19,30H,4-10,12-14H2,1-3H3,(H,26,34)(H,27,32)(H,29,33);4H,1-3H3;3*1H/t18-,19-;;;;/m0..../s1. The summed E-state index contributed by atoms with van der Waals surface area (Å²) in [4.78, 5) is 66.4. The average molecular weight is 569 g/mol. The quantitative estimate of drug-likeness (QED) is 0.208. The maximum Gasteiger partial charge on any atom is 0.340 e. The van der Waals surface area contributed by atoms with Gasteiger partial charge in [0.25, 0.3) is 0 Å². The zero-order chi connectivity index (χ0) is 30.2. The van der Waals surface area contributed by atoms with E-state index in [0.29, 0.717) is 37.1 Å². The number of hydrogen-bond acceptors (Lipinski definition) is 8. The normalized spacial score (nSPS) is 15.3. The average Bonchev–Trinajstić information content (AvgIpc) is 2.86. The number of unbranched alkanes of at least 4 members (excludes halogenated alkanes) is 1. The van der Waals surface area contributed by atoms with Crippen molar-refractivity contribution < 1.29 is 38.1 Å². The van der Waals surface area contributed by atoms with Crippen LogP contribution >= 0.6 is 0 Å². The molecule has 3 amide bonds. The Morgan fingerprint density at radius 2 is 1.82 bits per heavy atom. The van der Waals surface area contributed by atoms with Gasteiger partial charge in [-0.3, -0.25) is 24.2 Å². The highest BCUT2D eigenvalue weighted by Crippen LogP contribution is 2.19. The van der Waals surface area contributed by atoms with Crippen molar-refractivity contribution in [1.29, 1.82) is 0 Å². The van der Waals surface area contributed by atoms with Gasteiger partial charge in [0.2, 0.25) is 17.7 Å². The first kappa shape index (κ1) is 34.7. The van der Waals surface area contributed by atoms with Crippen LogP contribution in [-0.4, -0.2) is 71.9 Å². The van der Waals surface area contributed by atoms with Gasteiger partial charge in [0.15, 0.2) is 12.4 Å². The number of nitrogens with zero attached hydrogens (tertiary/aromatic N) is 1. The molecule has 11 nitrogen and oxygen atoms in total. The number of hydrogen-bond donors (Lipinski definition) is 4. The molecule has 11 heteroatoms. The SMILES string of the molecule is CC(C)C.Cc1cc(C)c(C(=O)OCC(=O)[C@H](C[C@@H]2CCCNC2=O)NC(=O)CNC(=O)CCCCO)c(C)n1.[HH].[HH].[HH]. The molecule has 230 valence electrons. The smallest absolute Gasteiger partial charge is 0.340 e. The molecule has 1 aromatic rings. The van der Waals surface area contributed by atoms with Gasteiger partial charge in [-0.1, -0.05) is 20.8 Å². The first-order chi connectivity index (χ1) is 18.8. The summed E-state index contributed by atoms with van der Waals surface area (Å²) in [6, 6.07) is 0.678. The third kappa shape index (κ3) is 13.1. The number of aryl methyl sites for hydroxylation is 3. The van der Waals surface area contributed by atoms with E-state index in [4.69, 9.17) is 9.84 Å².